The largest absolute Gasteiger partial charge is 0.490 e. The van der Waals surface area contributed by atoms with E-state index in [1.54, 1.807) is 18.3 Å². The Morgan fingerprint density at radius 3 is 2.24 bits per heavy atom. The van der Waals surface area contributed by atoms with Crippen molar-refractivity contribution < 1.29 is 55.6 Å². The van der Waals surface area contributed by atoms with Gasteiger partial charge in [-0.1, -0.05) is 0 Å². The molecule has 17 heteroatoms. The maximum absolute atomic E-state index is 10.6. The Morgan fingerprint density at radius 1 is 1.12 bits per heavy atom. The van der Waals surface area contributed by atoms with E-state index >= 15 is 0 Å². The van der Waals surface area contributed by atoms with Crippen molar-refractivity contribution >= 4 is 11.9 Å². The van der Waals surface area contributed by atoms with Crippen LogP contribution >= 0.6 is 0 Å². The molecule has 226 valence electrons. The van der Waals surface area contributed by atoms with Crippen molar-refractivity contribution in [3.05, 3.63) is 41.9 Å². The molecule has 2 saturated heterocycles. The van der Waals surface area contributed by atoms with Crippen molar-refractivity contribution in [1.82, 2.24) is 19.7 Å². The van der Waals surface area contributed by atoms with Crippen LogP contribution in [0.5, 0.6) is 5.88 Å². The van der Waals surface area contributed by atoms with Crippen molar-refractivity contribution in [2.45, 2.75) is 44.9 Å². The minimum atomic E-state index is -5.08. The zero-order chi connectivity index (χ0) is 30.8. The number of likely N-dealkylation sites (tertiary alicyclic amines) is 1. The fourth-order valence-corrected chi connectivity index (χ4v) is 4.07. The molecule has 3 atom stereocenters. The molecular formula is C24H27F6N5O6. The summed E-state index contributed by atoms with van der Waals surface area (Å²) in [4.78, 5) is 24.4. The van der Waals surface area contributed by atoms with Crippen LogP contribution in [-0.4, -0.2) is 86.6 Å². The molecule has 2 aromatic heterocycles. The predicted octanol–water partition coefficient (Wildman–Crippen LogP) is 3.35. The Labute approximate surface area is 229 Å². The van der Waals surface area contributed by atoms with Crippen molar-refractivity contribution in [3.63, 3.8) is 0 Å². The molecule has 2 aromatic rings. The van der Waals surface area contributed by atoms with Crippen LogP contribution < -0.4 is 4.74 Å². The molecule has 0 aromatic carbocycles. The maximum Gasteiger partial charge on any atom is 0.490 e. The van der Waals surface area contributed by atoms with Gasteiger partial charge in [0.05, 0.1) is 31.1 Å². The van der Waals surface area contributed by atoms with Crippen LogP contribution in [0, 0.1) is 23.2 Å². The highest BCUT2D eigenvalue weighted by Crippen LogP contribution is 2.36. The summed E-state index contributed by atoms with van der Waals surface area (Å²) in [6.45, 7) is 7.46. The van der Waals surface area contributed by atoms with E-state index in [1.165, 1.54) is 5.56 Å². The number of nitriles is 1. The third-order valence-electron chi connectivity index (χ3n) is 6.02. The van der Waals surface area contributed by atoms with Gasteiger partial charge in [0.1, 0.15) is 6.07 Å². The number of aryl methyl sites for hydroxylation is 1. The number of hydrogen-bond acceptors (Lipinski definition) is 8. The fourth-order valence-electron chi connectivity index (χ4n) is 4.07. The highest BCUT2D eigenvalue weighted by atomic mass is 19.4. The fraction of sp³-hybridized carbons (Fsp3) is 0.542. The topological polar surface area (TPSA) is 151 Å². The SMILES string of the molecule is CCn1cc(CN2C[C@H]3[C@@H](CCOc4ccc(C#N)cn4)CO[C@H]3C2)cn1.O=C(O)C(F)(F)F.O=C(O)C(F)(F)F. The molecule has 2 aliphatic heterocycles. The summed E-state index contributed by atoms with van der Waals surface area (Å²) < 4.78 is 77.2. The van der Waals surface area contributed by atoms with E-state index < -0.39 is 24.3 Å². The average molecular weight is 595 g/mol. The molecule has 0 spiro atoms. The quantitative estimate of drug-likeness (QED) is 0.456. The van der Waals surface area contributed by atoms with Crippen LogP contribution in [0.1, 0.15) is 24.5 Å². The minimum Gasteiger partial charge on any atom is -0.478 e. The highest BCUT2D eigenvalue weighted by Gasteiger charge is 2.43. The number of halogens is 6. The molecule has 41 heavy (non-hydrogen) atoms. The first-order chi connectivity index (χ1) is 19.1. The van der Waals surface area contributed by atoms with Gasteiger partial charge in [0, 0.05) is 56.1 Å². The van der Waals surface area contributed by atoms with Gasteiger partial charge in [-0.25, -0.2) is 14.6 Å². The molecule has 0 saturated carbocycles. The first kappa shape index (κ1) is 33.3. The molecule has 0 bridgehead atoms. The predicted molar refractivity (Wildman–Crippen MR) is 126 cm³/mol. The smallest absolute Gasteiger partial charge is 0.478 e. The van der Waals surface area contributed by atoms with Crippen LogP contribution in [0.15, 0.2) is 30.7 Å². The third kappa shape index (κ3) is 10.9. The molecule has 11 nitrogen and oxygen atoms in total. The van der Waals surface area contributed by atoms with Crippen LogP contribution in [0.25, 0.3) is 0 Å². The molecule has 2 aliphatic rings. The molecule has 2 fully saturated rings. The molecular weight excluding hydrogens is 568 g/mol. The molecule has 2 N–H and O–H groups in total. The summed E-state index contributed by atoms with van der Waals surface area (Å²) in [6.07, 6.45) is -3.23. The molecule has 4 heterocycles. The van der Waals surface area contributed by atoms with Crippen LogP contribution in [-0.2, 0) is 27.4 Å². The minimum absolute atomic E-state index is 0.337. The van der Waals surface area contributed by atoms with Crippen molar-refractivity contribution in [2.24, 2.45) is 11.8 Å². The molecule has 0 amide bonds. The van der Waals surface area contributed by atoms with Gasteiger partial charge >= 0.3 is 24.3 Å². The number of nitrogens with zero attached hydrogens (tertiary/aromatic N) is 5. The Kier molecular flexibility index (Phi) is 11.9. The van der Waals surface area contributed by atoms with Gasteiger partial charge in [-0.2, -0.15) is 36.7 Å². The molecule has 0 radical (unpaired) electrons. The number of rotatable bonds is 7. The zero-order valence-electron chi connectivity index (χ0n) is 21.6. The number of carboxylic acid groups (broad SMARTS) is 2. The van der Waals surface area contributed by atoms with Gasteiger partial charge in [0.25, 0.3) is 0 Å². The second-order valence-corrected chi connectivity index (χ2v) is 8.93. The first-order valence-electron chi connectivity index (χ1n) is 12.1. The number of ether oxygens (including phenoxy) is 2. The van der Waals surface area contributed by atoms with Crippen LogP contribution in [0.3, 0.4) is 0 Å². The Hall–Kier alpha value is -3.91. The summed E-state index contributed by atoms with van der Waals surface area (Å²) in [5, 5.41) is 27.4. The van der Waals surface area contributed by atoms with Gasteiger partial charge in [0.15, 0.2) is 0 Å². The van der Waals surface area contributed by atoms with E-state index in [1.807, 2.05) is 10.9 Å². The average Bonchev–Trinajstić information content (AvgIpc) is 3.61. The lowest BCUT2D eigenvalue weighted by molar-refractivity contribution is -0.193. The summed E-state index contributed by atoms with van der Waals surface area (Å²) in [5.41, 5.74) is 1.81. The standard InChI is InChI=1S/C20H25N5O2.2C2HF3O2/c1-2-25-11-16(9-23-25)10-24-12-18-17(14-27-19(18)13-24)5-6-26-20-4-3-15(7-21)8-22-20;2*3-2(4,5)1(6)7/h3-4,8-9,11,17-19H,2,5-6,10,12-14H2,1H3;2*(H,6,7)/t17-,18-,19-;;/m0../s1. The Balaban J connectivity index is 0.000000349. The van der Waals surface area contributed by atoms with Gasteiger partial charge in [-0.3, -0.25) is 9.58 Å². The lowest BCUT2D eigenvalue weighted by Crippen LogP contribution is -2.24. The van der Waals surface area contributed by atoms with E-state index in [-0.39, 0.29) is 0 Å². The van der Waals surface area contributed by atoms with Gasteiger partial charge in [0.2, 0.25) is 5.88 Å². The normalized spacial score (nSPS) is 20.1. The van der Waals surface area contributed by atoms with E-state index in [0.29, 0.717) is 36.0 Å². The van der Waals surface area contributed by atoms with Crippen molar-refractivity contribution in [3.8, 4) is 11.9 Å². The van der Waals surface area contributed by atoms with Crippen molar-refractivity contribution in [2.75, 3.05) is 26.3 Å². The Bertz CT molecular complexity index is 1160. The Morgan fingerprint density at radius 2 is 1.76 bits per heavy atom. The lowest BCUT2D eigenvalue weighted by atomic mass is 9.91. The summed E-state index contributed by atoms with van der Waals surface area (Å²) >= 11 is 0. The second kappa shape index (κ2) is 14.6. The van der Waals surface area contributed by atoms with Gasteiger partial charge in [-0.05, 0) is 25.3 Å². The first-order valence-corrected chi connectivity index (χ1v) is 12.1. The molecule has 4 rings (SSSR count). The number of alkyl halides is 6. The van der Waals surface area contributed by atoms with E-state index in [4.69, 9.17) is 34.5 Å². The lowest BCUT2D eigenvalue weighted by Gasteiger charge is -2.19. The van der Waals surface area contributed by atoms with Crippen LogP contribution in [0.2, 0.25) is 0 Å². The monoisotopic (exact) mass is 595 g/mol. The number of fused-ring (bicyclic) bond motifs is 1. The summed E-state index contributed by atoms with van der Waals surface area (Å²) in [5.74, 6) is -3.84. The van der Waals surface area contributed by atoms with Crippen molar-refractivity contribution in [1.29, 1.82) is 5.26 Å². The third-order valence-corrected chi connectivity index (χ3v) is 6.02. The summed E-state index contributed by atoms with van der Waals surface area (Å²) in [7, 11) is 0. The summed E-state index contributed by atoms with van der Waals surface area (Å²) in [6, 6.07) is 5.54. The highest BCUT2D eigenvalue weighted by molar-refractivity contribution is 5.73. The second-order valence-electron chi connectivity index (χ2n) is 8.93. The zero-order valence-corrected chi connectivity index (χ0v) is 21.6. The molecule has 0 aliphatic carbocycles. The van der Waals surface area contributed by atoms with Gasteiger partial charge < -0.3 is 19.7 Å². The number of pyridine rings is 1. The maximum atomic E-state index is 10.6. The molecule has 0 unspecified atom stereocenters. The number of aliphatic carboxylic acids is 2. The number of aromatic nitrogens is 3. The number of hydrogen-bond donors (Lipinski definition) is 2. The van der Waals surface area contributed by atoms with Crippen LogP contribution in [0.4, 0.5) is 26.3 Å². The number of carbonyl (C=O) groups is 2. The number of carboxylic acids is 2. The van der Waals surface area contributed by atoms with E-state index in [9.17, 15) is 26.3 Å². The van der Waals surface area contributed by atoms with Gasteiger partial charge in [-0.15, -0.1) is 0 Å². The van der Waals surface area contributed by atoms with E-state index in [0.717, 1.165) is 39.2 Å². The van der Waals surface area contributed by atoms with E-state index in [2.05, 4.69) is 34.2 Å².